The third kappa shape index (κ3) is 2.61. The number of rotatable bonds is 2. The van der Waals surface area contributed by atoms with Gasteiger partial charge in [-0.25, -0.2) is 4.79 Å². The summed E-state index contributed by atoms with van der Waals surface area (Å²) in [6.45, 7) is 0.881. The van der Waals surface area contributed by atoms with E-state index in [1.807, 2.05) is 17.8 Å². The second kappa shape index (κ2) is 5.23. The van der Waals surface area contributed by atoms with E-state index in [0.29, 0.717) is 24.0 Å². The van der Waals surface area contributed by atoms with Crippen LogP contribution in [0.5, 0.6) is 0 Å². The summed E-state index contributed by atoms with van der Waals surface area (Å²) in [5, 5.41) is 9.05. The molecule has 1 N–H and O–H groups in total. The van der Waals surface area contributed by atoms with Crippen LogP contribution in [0, 0.1) is 5.92 Å². The molecule has 2 aliphatic heterocycles. The van der Waals surface area contributed by atoms with Gasteiger partial charge in [0.25, 0.3) is 0 Å². The fourth-order valence-electron chi connectivity index (χ4n) is 2.59. The zero-order chi connectivity index (χ0) is 11.5. The molecule has 90 valence electrons. The lowest BCUT2D eigenvalue weighted by Gasteiger charge is -2.37. The van der Waals surface area contributed by atoms with Crippen molar-refractivity contribution in [2.75, 3.05) is 25.1 Å². The fraction of sp³-hybridized carbons (Fsp3) is 0.750. The van der Waals surface area contributed by atoms with Gasteiger partial charge in [-0.3, -0.25) is 4.90 Å². The summed E-state index contributed by atoms with van der Waals surface area (Å²) in [6.07, 6.45) is 5.13. The third-order valence-electron chi connectivity index (χ3n) is 3.64. The SMILES string of the molecule is CN1CCC(C(=O)O)=CC1C1CCSCC1. The average Bonchev–Trinajstić information content (AvgIpc) is 2.30. The molecule has 2 heterocycles. The Bertz CT molecular complexity index is 297. The highest BCUT2D eigenvalue weighted by molar-refractivity contribution is 7.99. The van der Waals surface area contributed by atoms with E-state index in [9.17, 15) is 4.79 Å². The number of carbonyl (C=O) groups is 1. The number of likely N-dealkylation sites (N-methyl/N-ethyl adjacent to an activating group) is 1. The minimum atomic E-state index is -0.733. The van der Waals surface area contributed by atoms with Gasteiger partial charge in [-0.2, -0.15) is 11.8 Å². The smallest absolute Gasteiger partial charge is 0.331 e. The van der Waals surface area contributed by atoms with E-state index in [1.54, 1.807) is 0 Å². The summed E-state index contributed by atoms with van der Waals surface area (Å²) >= 11 is 2.02. The van der Waals surface area contributed by atoms with Crippen LogP contribution in [-0.4, -0.2) is 47.1 Å². The van der Waals surface area contributed by atoms with Crippen molar-refractivity contribution in [3.8, 4) is 0 Å². The minimum Gasteiger partial charge on any atom is -0.478 e. The number of carboxylic acids is 1. The fourth-order valence-corrected chi connectivity index (χ4v) is 3.74. The molecule has 1 fully saturated rings. The molecule has 0 aromatic carbocycles. The molecule has 3 nitrogen and oxygen atoms in total. The molecule has 2 aliphatic rings. The van der Waals surface area contributed by atoms with Crippen molar-refractivity contribution in [1.82, 2.24) is 4.90 Å². The summed E-state index contributed by atoms with van der Waals surface area (Å²) in [6, 6.07) is 0.348. The molecular weight excluding hydrogens is 222 g/mol. The topological polar surface area (TPSA) is 40.5 Å². The molecular formula is C12H19NO2S. The van der Waals surface area contributed by atoms with E-state index in [2.05, 4.69) is 11.9 Å². The number of nitrogens with zero attached hydrogens (tertiary/aromatic N) is 1. The maximum absolute atomic E-state index is 11.0. The second-order valence-electron chi connectivity index (χ2n) is 4.67. The molecule has 0 aromatic rings. The van der Waals surface area contributed by atoms with Gasteiger partial charge >= 0.3 is 5.97 Å². The van der Waals surface area contributed by atoms with Crippen molar-refractivity contribution in [2.24, 2.45) is 5.92 Å². The molecule has 1 atom stereocenters. The highest BCUT2D eigenvalue weighted by Gasteiger charge is 2.29. The number of carboxylic acid groups (broad SMARTS) is 1. The van der Waals surface area contributed by atoms with Gasteiger partial charge < -0.3 is 5.11 Å². The Balaban J connectivity index is 2.10. The Morgan fingerprint density at radius 3 is 2.81 bits per heavy atom. The Labute approximate surface area is 101 Å². The van der Waals surface area contributed by atoms with Crippen LogP contribution in [-0.2, 0) is 4.79 Å². The van der Waals surface area contributed by atoms with E-state index < -0.39 is 5.97 Å². The molecule has 0 bridgehead atoms. The molecule has 1 saturated heterocycles. The van der Waals surface area contributed by atoms with Crippen LogP contribution in [0.3, 0.4) is 0 Å². The summed E-state index contributed by atoms with van der Waals surface area (Å²) in [7, 11) is 2.11. The minimum absolute atomic E-state index is 0.348. The van der Waals surface area contributed by atoms with Gasteiger partial charge in [-0.05, 0) is 43.7 Å². The molecule has 1 unspecified atom stereocenters. The maximum Gasteiger partial charge on any atom is 0.331 e. The van der Waals surface area contributed by atoms with Gasteiger partial charge in [0.15, 0.2) is 0 Å². The number of hydrogen-bond donors (Lipinski definition) is 1. The number of aliphatic carboxylic acids is 1. The molecule has 0 amide bonds. The van der Waals surface area contributed by atoms with Crippen LogP contribution < -0.4 is 0 Å². The van der Waals surface area contributed by atoms with E-state index in [1.165, 1.54) is 24.3 Å². The summed E-state index contributed by atoms with van der Waals surface area (Å²) in [5.41, 5.74) is 0.612. The van der Waals surface area contributed by atoms with Gasteiger partial charge in [-0.15, -0.1) is 0 Å². The van der Waals surface area contributed by atoms with E-state index in [0.717, 1.165) is 6.54 Å². The molecule has 0 aromatic heterocycles. The Kier molecular flexibility index (Phi) is 3.92. The van der Waals surface area contributed by atoms with E-state index >= 15 is 0 Å². The molecule has 0 spiro atoms. The lowest BCUT2D eigenvalue weighted by molar-refractivity contribution is -0.133. The van der Waals surface area contributed by atoms with Gasteiger partial charge in [0, 0.05) is 18.2 Å². The van der Waals surface area contributed by atoms with Gasteiger partial charge in [0.2, 0.25) is 0 Å². The molecule has 16 heavy (non-hydrogen) atoms. The predicted octanol–water partition coefficient (Wildman–Crippen LogP) is 1.84. The molecule has 4 heteroatoms. The first-order chi connectivity index (χ1) is 7.68. The Morgan fingerprint density at radius 2 is 2.19 bits per heavy atom. The summed E-state index contributed by atoms with van der Waals surface area (Å²) in [4.78, 5) is 13.3. The summed E-state index contributed by atoms with van der Waals surface area (Å²) < 4.78 is 0. The molecule has 0 saturated carbocycles. The Morgan fingerprint density at radius 1 is 1.50 bits per heavy atom. The van der Waals surface area contributed by atoms with Crippen LogP contribution in [0.15, 0.2) is 11.6 Å². The van der Waals surface area contributed by atoms with E-state index in [4.69, 9.17) is 5.11 Å². The first-order valence-corrected chi connectivity index (χ1v) is 7.06. The van der Waals surface area contributed by atoms with Crippen molar-refractivity contribution in [3.63, 3.8) is 0 Å². The number of hydrogen-bond acceptors (Lipinski definition) is 3. The second-order valence-corrected chi connectivity index (χ2v) is 5.89. The average molecular weight is 241 g/mol. The van der Waals surface area contributed by atoms with Crippen LogP contribution in [0.1, 0.15) is 19.3 Å². The first kappa shape index (κ1) is 12.0. The van der Waals surface area contributed by atoms with Crippen LogP contribution >= 0.6 is 11.8 Å². The molecule has 0 radical (unpaired) electrons. The Hall–Kier alpha value is -0.480. The zero-order valence-corrected chi connectivity index (χ0v) is 10.5. The van der Waals surface area contributed by atoms with Crippen LogP contribution in [0.4, 0.5) is 0 Å². The van der Waals surface area contributed by atoms with Crippen molar-refractivity contribution in [1.29, 1.82) is 0 Å². The third-order valence-corrected chi connectivity index (χ3v) is 4.69. The molecule has 0 aliphatic carbocycles. The largest absolute Gasteiger partial charge is 0.478 e. The quantitative estimate of drug-likeness (QED) is 0.801. The zero-order valence-electron chi connectivity index (χ0n) is 9.69. The molecule has 2 rings (SSSR count). The lowest BCUT2D eigenvalue weighted by atomic mass is 9.88. The lowest BCUT2D eigenvalue weighted by Crippen LogP contribution is -2.42. The standard InChI is InChI=1S/C12H19NO2S/c1-13-5-2-10(12(14)15)8-11(13)9-3-6-16-7-4-9/h8-9,11H,2-7H2,1H3,(H,14,15). The highest BCUT2D eigenvalue weighted by Crippen LogP contribution is 2.31. The predicted molar refractivity (Wildman–Crippen MR) is 66.8 cm³/mol. The van der Waals surface area contributed by atoms with Crippen molar-refractivity contribution >= 4 is 17.7 Å². The number of thioether (sulfide) groups is 1. The van der Waals surface area contributed by atoms with Crippen LogP contribution in [0.2, 0.25) is 0 Å². The monoisotopic (exact) mass is 241 g/mol. The van der Waals surface area contributed by atoms with Gasteiger partial charge in [0.1, 0.15) is 0 Å². The van der Waals surface area contributed by atoms with Gasteiger partial charge in [0.05, 0.1) is 0 Å². The van der Waals surface area contributed by atoms with Crippen LogP contribution in [0.25, 0.3) is 0 Å². The maximum atomic E-state index is 11.0. The van der Waals surface area contributed by atoms with Gasteiger partial charge in [-0.1, -0.05) is 6.08 Å². The van der Waals surface area contributed by atoms with Crippen molar-refractivity contribution in [3.05, 3.63) is 11.6 Å². The first-order valence-electron chi connectivity index (χ1n) is 5.90. The normalized spacial score (nSPS) is 28.8. The van der Waals surface area contributed by atoms with Crippen molar-refractivity contribution < 1.29 is 9.90 Å². The summed E-state index contributed by atoms with van der Waals surface area (Å²) in [5.74, 6) is 2.38. The van der Waals surface area contributed by atoms with Crippen molar-refractivity contribution in [2.45, 2.75) is 25.3 Å². The highest BCUT2D eigenvalue weighted by atomic mass is 32.2. The van der Waals surface area contributed by atoms with E-state index in [-0.39, 0.29) is 0 Å².